The molecule has 1 N–H and O–H groups in total. The standard InChI is InChI=1S/C14H14N2O4/c1-10-2-7-13(16(18)19)14(15-10)20-12-5-3-11(4-6-12)8-9-17/h2-7,17H,8-9H2,1H3. The molecule has 2 rings (SSSR count). The van der Waals surface area contributed by atoms with Gasteiger partial charge in [-0.05, 0) is 37.1 Å². The second kappa shape index (κ2) is 6.12. The van der Waals surface area contributed by atoms with Crippen LogP contribution in [0.15, 0.2) is 36.4 Å². The number of hydrogen-bond donors (Lipinski definition) is 1. The molecule has 0 unspecified atom stereocenters. The zero-order valence-corrected chi connectivity index (χ0v) is 10.9. The van der Waals surface area contributed by atoms with Crippen LogP contribution in [0, 0.1) is 17.0 Å². The number of ether oxygens (including phenoxy) is 1. The fourth-order valence-corrected chi connectivity index (χ4v) is 1.70. The number of hydrogen-bond acceptors (Lipinski definition) is 5. The fourth-order valence-electron chi connectivity index (χ4n) is 1.70. The molecule has 0 bridgehead atoms. The Morgan fingerprint density at radius 1 is 1.25 bits per heavy atom. The number of aliphatic hydroxyl groups excluding tert-OH is 1. The molecule has 0 fully saturated rings. The molecule has 6 nitrogen and oxygen atoms in total. The fraction of sp³-hybridized carbons (Fsp3) is 0.214. The first kappa shape index (κ1) is 14.0. The Bertz CT molecular complexity index is 611. The van der Waals surface area contributed by atoms with Gasteiger partial charge in [-0.3, -0.25) is 10.1 Å². The number of pyridine rings is 1. The molecule has 0 amide bonds. The largest absolute Gasteiger partial charge is 0.434 e. The molecule has 0 saturated carbocycles. The molecule has 0 saturated heterocycles. The number of nitrogens with zero attached hydrogens (tertiary/aromatic N) is 2. The highest BCUT2D eigenvalue weighted by atomic mass is 16.6. The van der Waals surface area contributed by atoms with Gasteiger partial charge in [-0.2, -0.15) is 0 Å². The highest BCUT2D eigenvalue weighted by molar-refractivity contribution is 5.44. The minimum Gasteiger partial charge on any atom is -0.434 e. The molecular formula is C14H14N2O4. The van der Waals surface area contributed by atoms with Crippen molar-refractivity contribution in [2.24, 2.45) is 0 Å². The normalized spacial score (nSPS) is 10.3. The van der Waals surface area contributed by atoms with Crippen molar-refractivity contribution in [3.05, 3.63) is 57.8 Å². The molecule has 0 atom stereocenters. The summed E-state index contributed by atoms with van der Waals surface area (Å²) in [5.74, 6) is 0.442. The molecule has 0 spiro atoms. The summed E-state index contributed by atoms with van der Waals surface area (Å²) in [7, 11) is 0. The van der Waals surface area contributed by atoms with Crippen LogP contribution in [0.25, 0.3) is 0 Å². The van der Waals surface area contributed by atoms with E-state index in [1.165, 1.54) is 6.07 Å². The van der Waals surface area contributed by atoms with Crippen LogP contribution in [-0.4, -0.2) is 21.6 Å². The van der Waals surface area contributed by atoms with Crippen molar-refractivity contribution < 1.29 is 14.8 Å². The number of nitro groups is 1. The van der Waals surface area contributed by atoms with Crippen LogP contribution in [0.5, 0.6) is 11.6 Å². The van der Waals surface area contributed by atoms with Crippen LogP contribution in [0.1, 0.15) is 11.3 Å². The van der Waals surface area contributed by atoms with Crippen LogP contribution >= 0.6 is 0 Å². The predicted octanol–water partition coefficient (Wildman–Crippen LogP) is 2.63. The number of aromatic nitrogens is 1. The molecule has 0 radical (unpaired) electrons. The summed E-state index contributed by atoms with van der Waals surface area (Å²) in [5.41, 5.74) is 1.43. The van der Waals surface area contributed by atoms with Crippen molar-refractivity contribution in [1.82, 2.24) is 4.98 Å². The maximum atomic E-state index is 10.9. The lowest BCUT2D eigenvalue weighted by atomic mass is 10.1. The van der Waals surface area contributed by atoms with Crippen molar-refractivity contribution in [2.75, 3.05) is 6.61 Å². The van der Waals surface area contributed by atoms with Crippen molar-refractivity contribution in [3.8, 4) is 11.6 Å². The molecule has 1 aromatic heterocycles. The number of aryl methyl sites for hydroxylation is 1. The molecule has 1 aromatic carbocycles. The lowest BCUT2D eigenvalue weighted by molar-refractivity contribution is -0.386. The minimum atomic E-state index is -0.526. The topological polar surface area (TPSA) is 85.5 Å². The molecule has 2 aromatic rings. The average Bonchev–Trinajstić information content (AvgIpc) is 2.41. The van der Waals surface area contributed by atoms with Crippen LogP contribution in [-0.2, 0) is 6.42 Å². The van der Waals surface area contributed by atoms with Crippen molar-refractivity contribution in [2.45, 2.75) is 13.3 Å². The van der Waals surface area contributed by atoms with Gasteiger partial charge in [0, 0.05) is 18.4 Å². The van der Waals surface area contributed by atoms with E-state index in [9.17, 15) is 10.1 Å². The Balaban J connectivity index is 2.25. The van der Waals surface area contributed by atoms with Gasteiger partial charge in [-0.15, -0.1) is 0 Å². The molecule has 6 heteroatoms. The van der Waals surface area contributed by atoms with Gasteiger partial charge >= 0.3 is 5.69 Å². The second-order valence-corrected chi connectivity index (χ2v) is 4.25. The van der Waals surface area contributed by atoms with Crippen LogP contribution in [0.4, 0.5) is 5.69 Å². The van der Waals surface area contributed by atoms with Gasteiger partial charge < -0.3 is 9.84 Å². The van der Waals surface area contributed by atoms with Gasteiger partial charge in [-0.25, -0.2) is 4.98 Å². The summed E-state index contributed by atoms with van der Waals surface area (Å²) in [6.07, 6.45) is 0.559. The summed E-state index contributed by atoms with van der Waals surface area (Å²) in [6.45, 7) is 1.81. The van der Waals surface area contributed by atoms with Gasteiger partial charge in [-0.1, -0.05) is 12.1 Å². The van der Waals surface area contributed by atoms with Crippen LogP contribution in [0.3, 0.4) is 0 Å². The van der Waals surface area contributed by atoms with Gasteiger partial charge in [0.25, 0.3) is 5.88 Å². The van der Waals surface area contributed by atoms with Gasteiger partial charge in [0.05, 0.1) is 4.92 Å². The summed E-state index contributed by atoms with van der Waals surface area (Å²) < 4.78 is 5.47. The summed E-state index contributed by atoms with van der Waals surface area (Å²) in [5, 5.41) is 19.8. The number of aliphatic hydroxyl groups is 1. The first-order chi connectivity index (χ1) is 9.60. The zero-order valence-electron chi connectivity index (χ0n) is 10.9. The smallest absolute Gasteiger partial charge is 0.331 e. The summed E-state index contributed by atoms with van der Waals surface area (Å²) >= 11 is 0. The third kappa shape index (κ3) is 3.30. The lowest BCUT2D eigenvalue weighted by Crippen LogP contribution is -1.97. The molecule has 0 aliphatic carbocycles. The van der Waals surface area contributed by atoms with Crippen molar-refractivity contribution in [1.29, 1.82) is 0 Å². The Kier molecular flexibility index (Phi) is 4.27. The Hall–Kier alpha value is -2.47. The highest BCUT2D eigenvalue weighted by Crippen LogP contribution is 2.29. The minimum absolute atomic E-state index is 0.0232. The maximum Gasteiger partial charge on any atom is 0.331 e. The number of rotatable bonds is 5. The Labute approximate surface area is 115 Å². The van der Waals surface area contributed by atoms with E-state index in [0.717, 1.165) is 5.56 Å². The monoisotopic (exact) mass is 274 g/mol. The quantitative estimate of drug-likeness (QED) is 0.669. The van der Waals surface area contributed by atoms with E-state index in [-0.39, 0.29) is 18.2 Å². The average molecular weight is 274 g/mol. The maximum absolute atomic E-state index is 10.9. The molecule has 20 heavy (non-hydrogen) atoms. The van der Waals surface area contributed by atoms with E-state index in [2.05, 4.69) is 4.98 Å². The van der Waals surface area contributed by atoms with Gasteiger partial charge in [0.2, 0.25) is 0 Å². The SMILES string of the molecule is Cc1ccc([N+](=O)[O-])c(Oc2ccc(CCO)cc2)n1. The van der Waals surface area contributed by atoms with E-state index in [1.807, 2.05) is 0 Å². The molecular weight excluding hydrogens is 260 g/mol. The van der Waals surface area contributed by atoms with Gasteiger partial charge in [0.1, 0.15) is 5.75 Å². The van der Waals surface area contributed by atoms with E-state index in [4.69, 9.17) is 9.84 Å². The lowest BCUT2D eigenvalue weighted by Gasteiger charge is -2.06. The molecule has 0 aliphatic rings. The van der Waals surface area contributed by atoms with E-state index in [1.54, 1.807) is 37.3 Å². The first-order valence-corrected chi connectivity index (χ1v) is 6.10. The zero-order chi connectivity index (χ0) is 14.5. The van der Waals surface area contributed by atoms with E-state index < -0.39 is 4.92 Å². The molecule has 0 aliphatic heterocycles. The molecule has 1 heterocycles. The third-order valence-electron chi connectivity index (χ3n) is 2.71. The summed E-state index contributed by atoms with van der Waals surface area (Å²) in [4.78, 5) is 14.4. The molecule has 104 valence electrons. The highest BCUT2D eigenvalue weighted by Gasteiger charge is 2.17. The van der Waals surface area contributed by atoms with E-state index >= 15 is 0 Å². The Morgan fingerprint density at radius 3 is 2.55 bits per heavy atom. The van der Waals surface area contributed by atoms with Crippen molar-refractivity contribution in [3.63, 3.8) is 0 Å². The Morgan fingerprint density at radius 2 is 1.95 bits per heavy atom. The third-order valence-corrected chi connectivity index (χ3v) is 2.71. The van der Waals surface area contributed by atoms with Crippen LogP contribution in [0.2, 0.25) is 0 Å². The van der Waals surface area contributed by atoms with Crippen LogP contribution < -0.4 is 4.74 Å². The second-order valence-electron chi connectivity index (χ2n) is 4.25. The van der Waals surface area contributed by atoms with Gasteiger partial charge in [0.15, 0.2) is 0 Å². The predicted molar refractivity (Wildman–Crippen MR) is 72.9 cm³/mol. The van der Waals surface area contributed by atoms with E-state index in [0.29, 0.717) is 17.9 Å². The number of benzene rings is 1. The van der Waals surface area contributed by atoms with Crippen molar-refractivity contribution >= 4 is 5.69 Å². The summed E-state index contributed by atoms with van der Waals surface area (Å²) in [6, 6.07) is 9.92. The first-order valence-electron chi connectivity index (χ1n) is 6.10.